The molecule has 1 atom stereocenters. The molecule has 21 heavy (non-hydrogen) atoms. The molecule has 0 saturated carbocycles. The molecule has 1 unspecified atom stereocenters. The second kappa shape index (κ2) is 5.93. The molecular formula is C16H19N2O2S+. The number of ether oxygens (including phenoxy) is 1. The summed E-state index contributed by atoms with van der Waals surface area (Å²) in [5, 5.41) is 4.49. The van der Waals surface area contributed by atoms with Gasteiger partial charge in [0.1, 0.15) is 11.3 Å². The Morgan fingerprint density at radius 2 is 2.19 bits per heavy atom. The molecule has 2 aliphatic heterocycles. The number of esters is 1. The van der Waals surface area contributed by atoms with Crippen molar-refractivity contribution in [3.8, 4) is 0 Å². The third kappa shape index (κ3) is 2.58. The van der Waals surface area contributed by atoms with Gasteiger partial charge in [-0.2, -0.15) is 0 Å². The van der Waals surface area contributed by atoms with E-state index in [-0.39, 0.29) is 12.0 Å². The minimum absolute atomic E-state index is 0.0588. The molecule has 2 heterocycles. The van der Waals surface area contributed by atoms with E-state index >= 15 is 0 Å². The summed E-state index contributed by atoms with van der Waals surface area (Å²) in [6.45, 7) is 5.11. The van der Waals surface area contributed by atoms with Gasteiger partial charge >= 0.3 is 11.1 Å². The van der Waals surface area contributed by atoms with E-state index in [2.05, 4.69) is 22.0 Å². The zero-order valence-corrected chi connectivity index (χ0v) is 13.1. The van der Waals surface area contributed by atoms with Gasteiger partial charge in [0.05, 0.1) is 13.2 Å². The number of thioether (sulfide) groups is 1. The van der Waals surface area contributed by atoms with E-state index in [1.807, 2.05) is 32.0 Å². The van der Waals surface area contributed by atoms with Gasteiger partial charge in [-0.25, -0.2) is 14.7 Å². The Kier molecular flexibility index (Phi) is 4.01. The van der Waals surface area contributed by atoms with Gasteiger partial charge in [0.25, 0.3) is 0 Å². The maximum absolute atomic E-state index is 12.4. The van der Waals surface area contributed by atoms with Crippen LogP contribution in [-0.2, 0) is 9.53 Å². The summed E-state index contributed by atoms with van der Waals surface area (Å²) in [5.41, 5.74) is 2.73. The normalized spacial score (nSPS) is 21.1. The van der Waals surface area contributed by atoms with Crippen LogP contribution >= 0.6 is 11.8 Å². The molecule has 3 rings (SSSR count). The second-order valence-corrected chi connectivity index (χ2v) is 6.13. The number of hydrogen-bond donors (Lipinski definition) is 1. The van der Waals surface area contributed by atoms with E-state index in [1.54, 1.807) is 11.8 Å². The van der Waals surface area contributed by atoms with Crippen LogP contribution in [0.15, 0.2) is 41.6 Å². The van der Waals surface area contributed by atoms with Crippen LogP contribution in [0.2, 0.25) is 0 Å². The fourth-order valence-electron chi connectivity index (χ4n) is 2.82. The lowest BCUT2D eigenvalue weighted by Crippen LogP contribution is -2.39. The molecule has 0 amide bonds. The monoisotopic (exact) mass is 303 g/mol. The molecule has 2 aliphatic rings. The number of nitrogens with zero attached hydrogens (tertiary/aromatic N) is 1. The van der Waals surface area contributed by atoms with Gasteiger partial charge in [-0.1, -0.05) is 30.3 Å². The predicted octanol–water partition coefficient (Wildman–Crippen LogP) is 2.28. The van der Waals surface area contributed by atoms with Gasteiger partial charge in [-0.05, 0) is 25.6 Å². The molecule has 0 aliphatic carbocycles. The van der Waals surface area contributed by atoms with Crippen molar-refractivity contribution in [3.05, 3.63) is 47.2 Å². The Bertz CT molecular complexity index is 622. The van der Waals surface area contributed by atoms with Crippen molar-refractivity contribution in [2.45, 2.75) is 19.9 Å². The average molecular weight is 303 g/mol. The van der Waals surface area contributed by atoms with E-state index in [0.29, 0.717) is 12.2 Å². The average Bonchev–Trinajstić information content (AvgIpc) is 2.94. The maximum atomic E-state index is 12.4. The minimum atomic E-state index is -0.229. The van der Waals surface area contributed by atoms with Crippen molar-refractivity contribution in [2.75, 3.05) is 18.9 Å². The summed E-state index contributed by atoms with van der Waals surface area (Å²) < 4.78 is 7.54. The van der Waals surface area contributed by atoms with Crippen LogP contribution < -0.4 is 5.32 Å². The van der Waals surface area contributed by atoms with E-state index in [9.17, 15) is 4.79 Å². The molecule has 0 aromatic heterocycles. The number of amidine groups is 1. The van der Waals surface area contributed by atoms with E-state index in [0.717, 1.165) is 28.7 Å². The molecule has 4 nitrogen and oxygen atoms in total. The molecule has 1 aromatic rings. The summed E-state index contributed by atoms with van der Waals surface area (Å²) in [7, 11) is 0. The highest BCUT2D eigenvalue weighted by atomic mass is 32.2. The third-order valence-corrected chi connectivity index (χ3v) is 4.72. The Hall–Kier alpha value is -1.75. The highest BCUT2D eigenvalue weighted by Gasteiger charge is 2.41. The van der Waals surface area contributed by atoms with Crippen LogP contribution in [0.1, 0.15) is 25.5 Å². The first-order chi connectivity index (χ1) is 10.2. The van der Waals surface area contributed by atoms with Crippen molar-refractivity contribution < 1.29 is 14.1 Å². The lowest BCUT2D eigenvalue weighted by atomic mass is 9.95. The van der Waals surface area contributed by atoms with Crippen molar-refractivity contribution in [2.24, 2.45) is 0 Å². The molecule has 0 spiro atoms. The van der Waals surface area contributed by atoms with Crippen LogP contribution in [0.4, 0.5) is 0 Å². The largest absolute Gasteiger partial charge is 0.462 e. The lowest BCUT2D eigenvalue weighted by molar-refractivity contribution is -0.556. The lowest BCUT2D eigenvalue weighted by Gasteiger charge is -2.25. The molecule has 0 fully saturated rings. The summed E-state index contributed by atoms with van der Waals surface area (Å²) in [6, 6.07) is 10.1. The van der Waals surface area contributed by atoms with Crippen LogP contribution in [0, 0.1) is 0 Å². The smallest absolute Gasteiger partial charge is 0.342 e. The Morgan fingerprint density at radius 1 is 1.43 bits per heavy atom. The van der Waals surface area contributed by atoms with Crippen molar-refractivity contribution in [3.63, 3.8) is 0 Å². The summed E-state index contributed by atoms with van der Waals surface area (Å²) in [6.07, 6.45) is 0. The van der Waals surface area contributed by atoms with Crippen LogP contribution in [0.3, 0.4) is 0 Å². The number of carbonyl (C=O) groups is 1. The molecule has 1 N–H and O–H groups in total. The van der Waals surface area contributed by atoms with Gasteiger partial charge < -0.3 is 4.74 Å². The second-order valence-electron chi connectivity index (χ2n) is 5.04. The molecule has 1 aromatic carbocycles. The number of benzene rings is 1. The number of carbonyl (C=O) groups excluding carboxylic acids is 1. The van der Waals surface area contributed by atoms with Gasteiger partial charge in [0.15, 0.2) is 6.04 Å². The van der Waals surface area contributed by atoms with Gasteiger partial charge in [-0.15, -0.1) is 0 Å². The number of allylic oxidation sites excluding steroid dienone is 1. The molecule has 0 radical (unpaired) electrons. The standard InChI is InChI=1S/C16H18N2O2S/c1-3-20-15(19)13-11(2)17-16-18(9-10-21-16)14(13)12-7-5-4-6-8-12/h4-8,14H,3,9-10H2,1-2H3/p+1. The Labute approximate surface area is 128 Å². The Morgan fingerprint density at radius 3 is 2.90 bits per heavy atom. The first-order valence-corrected chi connectivity index (χ1v) is 8.17. The fourth-order valence-corrected chi connectivity index (χ4v) is 3.89. The Balaban J connectivity index is 2.07. The van der Waals surface area contributed by atoms with Crippen LogP contribution in [-0.4, -0.2) is 34.6 Å². The SMILES string of the molecule is CCOC(=O)C1=C(C)NC2=[N+](CCS2)C1c1ccccc1. The summed E-state index contributed by atoms with van der Waals surface area (Å²) in [5.74, 6) is 0.807. The van der Waals surface area contributed by atoms with E-state index in [4.69, 9.17) is 4.74 Å². The van der Waals surface area contributed by atoms with Crippen molar-refractivity contribution in [1.29, 1.82) is 0 Å². The number of hydrogen-bond acceptors (Lipinski definition) is 4. The maximum Gasteiger partial charge on any atom is 0.342 e. The fraction of sp³-hybridized carbons (Fsp3) is 0.375. The molecule has 5 heteroatoms. The topological polar surface area (TPSA) is 41.3 Å². The summed E-state index contributed by atoms with van der Waals surface area (Å²) in [4.78, 5) is 12.4. The van der Waals surface area contributed by atoms with E-state index in [1.165, 1.54) is 0 Å². The molecule has 110 valence electrons. The van der Waals surface area contributed by atoms with E-state index < -0.39 is 0 Å². The number of rotatable bonds is 3. The zero-order valence-electron chi connectivity index (χ0n) is 12.3. The minimum Gasteiger partial charge on any atom is -0.462 e. The van der Waals surface area contributed by atoms with Crippen molar-refractivity contribution >= 4 is 22.9 Å². The quantitative estimate of drug-likeness (QED) is 0.687. The zero-order chi connectivity index (χ0) is 14.8. The van der Waals surface area contributed by atoms with Gasteiger partial charge in [0, 0.05) is 11.3 Å². The van der Waals surface area contributed by atoms with Crippen LogP contribution in [0.5, 0.6) is 0 Å². The highest BCUT2D eigenvalue weighted by molar-refractivity contribution is 8.13. The third-order valence-electron chi connectivity index (χ3n) is 3.73. The predicted molar refractivity (Wildman–Crippen MR) is 84.2 cm³/mol. The van der Waals surface area contributed by atoms with Crippen molar-refractivity contribution in [1.82, 2.24) is 5.32 Å². The molecule has 0 saturated heterocycles. The first-order valence-electron chi connectivity index (χ1n) is 7.18. The first kappa shape index (κ1) is 14.2. The summed E-state index contributed by atoms with van der Waals surface area (Å²) >= 11 is 1.80. The highest BCUT2D eigenvalue weighted by Crippen LogP contribution is 2.34. The number of nitrogens with one attached hydrogen (secondary N) is 1. The van der Waals surface area contributed by atoms with Gasteiger partial charge in [0.2, 0.25) is 0 Å². The van der Waals surface area contributed by atoms with Gasteiger partial charge in [-0.3, -0.25) is 0 Å². The van der Waals surface area contributed by atoms with Crippen LogP contribution in [0.25, 0.3) is 0 Å². The molecular weight excluding hydrogens is 284 g/mol. The molecule has 0 bridgehead atoms.